The van der Waals surface area contributed by atoms with Crippen LogP contribution in [-0.2, 0) is 14.3 Å². The van der Waals surface area contributed by atoms with Crippen molar-refractivity contribution in [1.29, 1.82) is 0 Å². The van der Waals surface area contributed by atoms with Crippen molar-refractivity contribution in [3.63, 3.8) is 0 Å². The Morgan fingerprint density at radius 2 is 0.927 bits per heavy atom. The lowest BCUT2D eigenvalue weighted by Gasteiger charge is -2.13. The SMILES string of the molecule is CCCCC/C=C\C/C=C\CCCCCCCCCC(=O)OC(CCCCCCCCCCCCCCC)C(=O)O. The molecule has 0 bridgehead atoms. The molecule has 0 aromatic rings. The van der Waals surface area contributed by atoms with Crippen LogP contribution in [0.2, 0.25) is 0 Å². The van der Waals surface area contributed by atoms with Crippen molar-refractivity contribution in [3.05, 3.63) is 24.3 Å². The van der Waals surface area contributed by atoms with Gasteiger partial charge in [-0.25, -0.2) is 4.79 Å². The summed E-state index contributed by atoms with van der Waals surface area (Å²) in [5.74, 6) is -1.36. The molecule has 1 atom stereocenters. The lowest BCUT2D eigenvalue weighted by molar-refractivity contribution is -0.164. The molecule has 0 saturated heterocycles. The van der Waals surface area contributed by atoms with Crippen LogP contribution in [0.25, 0.3) is 0 Å². The highest BCUT2D eigenvalue weighted by atomic mass is 16.6. The zero-order valence-corrected chi connectivity index (χ0v) is 27.4. The number of carboxylic acid groups (broad SMARTS) is 1. The summed E-state index contributed by atoms with van der Waals surface area (Å²) in [6.07, 6.45) is 40.6. The summed E-state index contributed by atoms with van der Waals surface area (Å²) in [5, 5.41) is 9.45. The van der Waals surface area contributed by atoms with E-state index in [0.29, 0.717) is 12.8 Å². The standard InChI is InChI=1S/C37H68O4/c1-3-5-7-9-11-13-15-17-18-19-20-22-24-26-28-30-32-34-36(38)41-35(37(39)40)33-31-29-27-25-23-21-16-14-12-10-8-6-4-2/h11,13,17-18,35H,3-10,12,14-16,19-34H2,1-2H3,(H,39,40)/b13-11-,18-17-. The van der Waals surface area contributed by atoms with E-state index in [1.807, 2.05) is 0 Å². The molecule has 0 amide bonds. The number of carbonyl (C=O) groups excluding carboxylic acids is 1. The van der Waals surface area contributed by atoms with Gasteiger partial charge in [0.25, 0.3) is 0 Å². The highest BCUT2D eigenvalue weighted by molar-refractivity contribution is 5.77. The second kappa shape index (κ2) is 32.9. The zero-order valence-electron chi connectivity index (χ0n) is 27.4. The number of aliphatic carboxylic acids is 1. The number of carboxylic acids is 1. The van der Waals surface area contributed by atoms with Crippen molar-refractivity contribution in [2.24, 2.45) is 0 Å². The molecule has 4 nitrogen and oxygen atoms in total. The fourth-order valence-corrected chi connectivity index (χ4v) is 5.23. The molecule has 0 aliphatic heterocycles. The van der Waals surface area contributed by atoms with E-state index in [9.17, 15) is 14.7 Å². The molecule has 0 fully saturated rings. The third-order valence-corrected chi connectivity index (χ3v) is 7.95. The summed E-state index contributed by atoms with van der Waals surface area (Å²) in [5.41, 5.74) is 0. The van der Waals surface area contributed by atoms with Gasteiger partial charge in [0.15, 0.2) is 6.10 Å². The van der Waals surface area contributed by atoms with Crippen LogP contribution in [0.3, 0.4) is 0 Å². The second-order valence-electron chi connectivity index (χ2n) is 12.0. The topological polar surface area (TPSA) is 63.6 Å². The molecule has 0 radical (unpaired) electrons. The number of carbonyl (C=O) groups is 2. The normalized spacial score (nSPS) is 12.4. The fraction of sp³-hybridized carbons (Fsp3) is 0.838. The molecule has 0 aliphatic carbocycles. The van der Waals surface area contributed by atoms with Crippen molar-refractivity contribution in [3.8, 4) is 0 Å². The van der Waals surface area contributed by atoms with Gasteiger partial charge in [0.1, 0.15) is 0 Å². The molecular formula is C37H68O4. The third-order valence-electron chi connectivity index (χ3n) is 7.95. The van der Waals surface area contributed by atoms with Gasteiger partial charge in [-0.15, -0.1) is 0 Å². The Labute approximate surface area is 255 Å². The average Bonchev–Trinajstić information content (AvgIpc) is 2.96. The minimum Gasteiger partial charge on any atom is -0.479 e. The molecule has 0 rings (SSSR count). The largest absolute Gasteiger partial charge is 0.479 e. The molecule has 1 N–H and O–H groups in total. The number of esters is 1. The summed E-state index contributed by atoms with van der Waals surface area (Å²) in [4.78, 5) is 23.7. The van der Waals surface area contributed by atoms with E-state index in [1.165, 1.54) is 122 Å². The maximum absolute atomic E-state index is 12.2. The van der Waals surface area contributed by atoms with Crippen molar-refractivity contribution in [2.75, 3.05) is 0 Å². The molecule has 1 unspecified atom stereocenters. The Morgan fingerprint density at radius 3 is 1.41 bits per heavy atom. The van der Waals surface area contributed by atoms with E-state index in [-0.39, 0.29) is 5.97 Å². The van der Waals surface area contributed by atoms with Crippen LogP contribution in [0.4, 0.5) is 0 Å². The lowest BCUT2D eigenvalue weighted by Crippen LogP contribution is -2.27. The smallest absolute Gasteiger partial charge is 0.345 e. The molecule has 41 heavy (non-hydrogen) atoms. The molecule has 0 aromatic carbocycles. The fourth-order valence-electron chi connectivity index (χ4n) is 5.23. The Bertz CT molecular complexity index is 624. The Hall–Kier alpha value is -1.58. The van der Waals surface area contributed by atoms with Crippen molar-refractivity contribution >= 4 is 11.9 Å². The Morgan fingerprint density at radius 1 is 0.537 bits per heavy atom. The number of unbranched alkanes of at least 4 members (excludes halogenated alkanes) is 22. The Balaban J connectivity index is 3.58. The summed E-state index contributed by atoms with van der Waals surface area (Å²) in [6.45, 7) is 4.50. The molecule has 0 aliphatic rings. The number of hydrogen-bond acceptors (Lipinski definition) is 3. The molecule has 0 heterocycles. The molecular weight excluding hydrogens is 508 g/mol. The maximum Gasteiger partial charge on any atom is 0.345 e. The van der Waals surface area contributed by atoms with Gasteiger partial charge in [-0.05, 0) is 51.4 Å². The average molecular weight is 577 g/mol. The summed E-state index contributed by atoms with van der Waals surface area (Å²) < 4.78 is 5.30. The van der Waals surface area contributed by atoms with Gasteiger partial charge < -0.3 is 9.84 Å². The van der Waals surface area contributed by atoms with Crippen LogP contribution in [0.1, 0.15) is 194 Å². The van der Waals surface area contributed by atoms with E-state index >= 15 is 0 Å². The molecule has 0 saturated carbocycles. The number of ether oxygens (including phenoxy) is 1. The number of hydrogen-bond donors (Lipinski definition) is 1. The monoisotopic (exact) mass is 577 g/mol. The number of rotatable bonds is 32. The van der Waals surface area contributed by atoms with Gasteiger partial charge in [0.2, 0.25) is 0 Å². The molecule has 240 valence electrons. The summed E-state index contributed by atoms with van der Waals surface area (Å²) in [7, 11) is 0. The summed E-state index contributed by atoms with van der Waals surface area (Å²) >= 11 is 0. The minimum atomic E-state index is -1.01. The van der Waals surface area contributed by atoms with Crippen LogP contribution in [0.5, 0.6) is 0 Å². The summed E-state index contributed by atoms with van der Waals surface area (Å²) in [6, 6.07) is 0. The first-order chi connectivity index (χ1) is 20.1. The van der Waals surface area contributed by atoms with Crippen LogP contribution in [0, 0.1) is 0 Å². The van der Waals surface area contributed by atoms with E-state index in [2.05, 4.69) is 38.2 Å². The van der Waals surface area contributed by atoms with Crippen molar-refractivity contribution in [2.45, 2.75) is 200 Å². The first kappa shape index (κ1) is 39.4. The molecule has 0 spiro atoms. The molecule has 0 aromatic heterocycles. The van der Waals surface area contributed by atoms with Crippen molar-refractivity contribution in [1.82, 2.24) is 0 Å². The first-order valence-electron chi connectivity index (χ1n) is 17.8. The molecule has 4 heteroatoms. The van der Waals surface area contributed by atoms with E-state index in [1.54, 1.807) is 0 Å². The van der Waals surface area contributed by atoms with E-state index < -0.39 is 12.1 Å². The highest BCUT2D eigenvalue weighted by Crippen LogP contribution is 2.15. The van der Waals surface area contributed by atoms with Crippen LogP contribution < -0.4 is 0 Å². The van der Waals surface area contributed by atoms with Gasteiger partial charge in [0, 0.05) is 6.42 Å². The van der Waals surface area contributed by atoms with Gasteiger partial charge in [-0.3, -0.25) is 4.79 Å². The minimum absolute atomic E-state index is 0.334. The van der Waals surface area contributed by atoms with Gasteiger partial charge in [-0.1, -0.05) is 160 Å². The first-order valence-corrected chi connectivity index (χ1v) is 17.8. The maximum atomic E-state index is 12.2. The van der Waals surface area contributed by atoms with Gasteiger partial charge in [0.05, 0.1) is 0 Å². The predicted molar refractivity (Wildman–Crippen MR) is 176 cm³/mol. The van der Waals surface area contributed by atoms with Gasteiger partial charge in [-0.2, -0.15) is 0 Å². The predicted octanol–water partition coefficient (Wildman–Crippen LogP) is 12.1. The van der Waals surface area contributed by atoms with Crippen molar-refractivity contribution < 1.29 is 19.4 Å². The zero-order chi connectivity index (χ0) is 30.1. The van der Waals surface area contributed by atoms with Crippen LogP contribution in [-0.4, -0.2) is 23.1 Å². The van der Waals surface area contributed by atoms with E-state index in [0.717, 1.165) is 44.9 Å². The number of allylic oxidation sites excluding steroid dienone is 4. The third kappa shape index (κ3) is 31.2. The van der Waals surface area contributed by atoms with Gasteiger partial charge >= 0.3 is 11.9 Å². The van der Waals surface area contributed by atoms with E-state index in [4.69, 9.17) is 4.74 Å². The second-order valence-corrected chi connectivity index (χ2v) is 12.0. The quantitative estimate of drug-likeness (QED) is 0.0491. The lowest BCUT2D eigenvalue weighted by atomic mass is 10.0. The van der Waals surface area contributed by atoms with Crippen LogP contribution >= 0.6 is 0 Å². The van der Waals surface area contributed by atoms with Crippen LogP contribution in [0.15, 0.2) is 24.3 Å². The Kier molecular flexibility index (Phi) is 31.7. The highest BCUT2D eigenvalue weighted by Gasteiger charge is 2.21.